The molecule has 1 aliphatic carbocycles. The number of nitrogens with two attached hydrogens (primary N) is 1. The zero-order valence-corrected chi connectivity index (χ0v) is 12.4. The number of likely N-dealkylation sites (tertiary alicyclic amines) is 1. The summed E-state index contributed by atoms with van der Waals surface area (Å²) in [6.07, 6.45) is 6.96. The maximum atomic E-state index is 12.7. The van der Waals surface area contributed by atoms with Gasteiger partial charge in [-0.25, -0.2) is 0 Å². The Labute approximate surface area is 117 Å². The number of piperidine rings is 1. The van der Waals surface area contributed by atoms with Crippen molar-refractivity contribution in [2.75, 3.05) is 6.54 Å². The number of carbonyl (C=O) groups excluding carboxylic acids is 1. The number of amides is 1. The van der Waals surface area contributed by atoms with Crippen LogP contribution in [-0.4, -0.2) is 29.4 Å². The smallest absolute Gasteiger partial charge is 0.226 e. The van der Waals surface area contributed by atoms with Crippen LogP contribution < -0.4 is 5.73 Å². The molecule has 0 aromatic carbocycles. The van der Waals surface area contributed by atoms with E-state index in [1.807, 2.05) is 0 Å². The number of rotatable bonds is 2. The number of carbonyl (C=O) groups is 1. The molecular formula is C14H27ClN2O. The van der Waals surface area contributed by atoms with E-state index in [-0.39, 0.29) is 18.3 Å². The van der Waals surface area contributed by atoms with Gasteiger partial charge in [-0.05, 0) is 58.4 Å². The lowest BCUT2D eigenvalue weighted by molar-refractivity contribution is -0.142. The summed E-state index contributed by atoms with van der Waals surface area (Å²) in [6, 6.07) is 0.843. The molecule has 2 rings (SSSR count). The van der Waals surface area contributed by atoms with E-state index < -0.39 is 0 Å². The Kier molecular flexibility index (Phi) is 5.93. The molecule has 106 valence electrons. The monoisotopic (exact) mass is 274 g/mol. The second-order valence-corrected chi connectivity index (χ2v) is 5.91. The Bertz CT molecular complexity index is 275. The van der Waals surface area contributed by atoms with Crippen molar-refractivity contribution in [3.63, 3.8) is 0 Å². The first kappa shape index (κ1) is 15.8. The predicted octanol–water partition coefficient (Wildman–Crippen LogP) is 2.57. The maximum Gasteiger partial charge on any atom is 0.226 e. The normalized spacial score (nSPS) is 36.3. The van der Waals surface area contributed by atoms with Crippen molar-refractivity contribution in [1.82, 2.24) is 4.90 Å². The van der Waals surface area contributed by atoms with Gasteiger partial charge in [0.1, 0.15) is 0 Å². The van der Waals surface area contributed by atoms with Crippen molar-refractivity contribution in [3.8, 4) is 0 Å². The number of hydrogen-bond donors (Lipinski definition) is 1. The Balaban J connectivity index is 0.00000162. The van der Waals surface area contributed by atoms with Crippen LogP contribution in [0.5, 0.6) is 0 Å². The molecule has 1 saturated heterocycles. The van der Waals surface area contributed by atoms with Gasteiger partial charge >= 0.3 is 0 Å². The molecule has 0 bridgehead atoms. The number of nitrogens with zero attached hydrogens (tertiary/aromatic N) is 1. The van der Waals surface area contributed by atoms with Crippen LogP contribution in [-0.2, 0) is 4.79 Å². The van der Waals surface area contributed by atoms with Crippen LogP contribution in [0.15, 0.2) is 0 Å². The minimum atomic E-state index is 0. The molecule has 1 heterocycles. The Morgan fingerprint density at radius 2 is 1.67 bits per heavy atom. The van der Waals surface area contributed by atoms with Gasteiger partial charge in [0.25, 0.3) is 0 Å². The van der Waals surface area contributed by atoms with Gasteiger partial charge in [-0.15, -0.1) is 12.4 Å². The molecule has 18 heavy (non-hydrogen) atoms. The van der Waals surface area contributed by atoms with Gasteiger partial charge in [-0.2, -0.15) is 0 Å². The van der Waals surface area contributed by atoms with Crippen LogP contribution in [0.3, 0.4) is 0 Å². The van der Waals surface area contributed by atoms with Crippen LogP contribution >= 0.6 is 12.4 Å². The van der Waals surface area contributed by atoms with Crippen LogP contribution in [0.25, 0.3) is 0 Å². The number of halogens is 1. The molecule has 0 aromatic heterocycles. The molecule has 0 aromatic rings. The lowest BCUT2D eigenvalue weighted by Crippen LogP contribution is -2.50. The van der Waals surface area contributed by atoms with E-state index in [1.165, 1.54) is 12.8 Å². The van der Waals surface area contributed by atoms with Gasteiger partial charge in [0, 0.05) is 18.0 Å². The summed E-state index contributed by atoms with van der Waals surface area (Å²) in [5, 5.41) is 0. The van der Waals surface area contributed by atoms with Crippen LogP contribution in [0.2, 0.25) is 0 Å². The van der Waals surface area contributed by atoms with Gasteiger partial charge in [-0.3, -0.25) is 4.79 Å². The summed E-state index contributed by atoms with van der Waals surface area (Å²) in [7, 11) is 0. The first-order valence-electron chi connectivity index (χ1n) is 7.17. The van der Waals surface area contributed by atoms with Crippen molar-refractivity contribution in [2.45, 2.75) is 64.5 Å². The first-order chi connectivity index (χ1) is 8.15. The molecule has 4 heteroatoms. The second-order valence-electron chi connectivity index (χ2n) is 5.91. The molecule has 3 nitrogen and oxygen atoms in total. The molecule has 1 amide bonds. The van der Waals surface area contributed by atoms with E-state index in [0.29, 0.717) is 30.5 Å². The fourth-order valence-corrected chi connectivity index (χ4v) is 3.69. The highest BCUT2D eigenvalue weighted by Gasteiger charge is 2.38. The van der Waals surface area contributed by atoms with Gasteiger partial charge in [0.15, 0.2) is 0 Å². The average molecular weight is 275 g/mol. The van der Waals surface area contributed by atoms with E-state index in [0.717, 1.165) is 25.7 Å². The summed E-state index contributed by atoms with van der Waals surface area (Å²) in [6.45, 7) is 5.06. The molecule has 0 radical (unpaired) electrons. The lowest BCUT2D eigenvalue weighted by atomic mass is 9.90. The van der Waals surface area contributed by atoms with Gasteiger partial charge in [0.2, 0.25) is 5.91 Å². The molecular weight excluding hydrogens is 248 g/mol. The average Bonchev–Trinajstić information content (AvgIpc) is 2.76. The predicted molar refractivity (Wildman–Crippen MR) is 76.8 cm³/mol. The summed E-state index contributed by atoms with van der Waals surface area (Å²) in [5.74, 6) is 1.03. The van der Waals surface area contributed by atoms with Crippen molar-refractivity contribution in [1.29, 1.82) is 0 Å². The molecule has 2 aliphatic rings. The highest BCUT2D eigenvalue weighted by atomic mass is 35.5. The molecule has 1 saturated carbocycles. The SMILES string of the molecule is CC1CCCC(C)N1C(=O)[C@@H]1CCC[C@@H]1CN.Cl. The van der Waals surface area contributed by atoms with Crippen LogP contribution in [0.1, 0.15) is 52.4 Å². The molecule has 4 atom stereocenters. The maximum absolute atomic E-state index is 12.7. The van der Waals surface area contributed by atoms with E-state index in [9.17, 15) is 4.79 Å². The van der Waals surface area contributed by atoms with Crippen LogP contribution in [0.4, 0.5) is 0 Å². The third kappa shape index (κ3) is 3.00. The largest absolute Gasteiger partial charge is 0.337 e. The van der Waals surface area contributed by atoms with Gasteiger partial charge in [-0.1, -0.05) is 6.42 Å². The molecule has 2 N–H and O–H groups in total. The molecule has 1 aliphatic heterocycles. The van der Waals surface area contributed by atoms with E-state index in [2.05, 4.69) is 18.7 Å². The number of hydrogen-bond acceptors (Lipinski definition) is 2. The highest BCUT2D eigenvalue weighted by Crippen LogP contribution is 2.35. The fourth-order valence-electron chi connectivity index (χ4n) is 3.69. The molecule has 2 fully saturated rings. The van der Waals surface area contributed by atoms with Crippen molar-refractivity contribution in [3.05, 3.63) is 0 Å². The third-order valence-electron chi connectivity index (χ3n) is 4.73. The van der Waals surface area contributed by atoms with E-state index in [4.69, 9.17) is 5.73 Å². The Morgan fingerprint density at radius 3 is 2.22 bits per heavy atom. The topological polar surface area (TPSA) is 46.3 Å². The molecule has 0 spiro atoms. The van der Waals surface area contributed by atoms with E-state index >= 15 is 0 Å². The minimum absolute atomic E-state index is 0. The summed E-state index contributed by atoms with van der Waals surface area (Å²) in [5.41, 5.74) is 5.79. The molecule has 2 unspecified atom stereocenters. The zero-order chi connectivity index (χ0) is 12.4. The standard InChI is InChI=1S/C14H26N2O.ClH/c1-10-5-3-6-11(2)16(10)14(17)13-8-4-7-12(13)9-15;/h10-13H,3-9,15H2,1-2H3;1H/t10?,11?,12-,13-;/m1./s1. The van der Waals surface area contributed by atoms with Crippen molar-refractivity contribution < 1.29 is 4.79 Å². The summed E-state index contributed by atoms with van der Waals surface area (Å²) in [4.78, 5) is 14.8. The Morgan fingerprint density at radius 1 is 1.11 bits per heavy atom. The lowest BCUT2D eigenvalue weighted by Gasteiger charge is -2.41. The quantitative estimate of drug-likeness (QED) is 0.841. The van der Waals surface area contributed by atoms with Crippen molar-refractivity contribution >= 4 is 18.3 Å². The summed E-state index contributed by atoms with van der Waals surface area (Å²) < 4.78 is 0. The Hall–Kier alpha value is -0.280. The van der Waals surface area contributed by atoms with E-state index in [1.54, 1.807) is 0 Å². The summed E-state index contributed by atoms with van der Waals surface area (Å²) >= 11 is 0. The zero-order valence-electron chi connectivity index (χ0n) is 11.6. The minimum Gasteiger partial charge on any atom is -0.337 e. The third-order valence-corrected chi connectivity index (χ3v) is 4.73. The first-order valence-corrected chi connectivity index (χ1v) is 7.17. The van der Waals surface area contributed by atoms with Crippen LogP contribution in [0, 0.1) is 11.8 Å². The van der Waals surface area contributed by atoms with Crippen molar-refractivity contribution in [2.24, 2.45) is 17.6 Å². The highest BCUT2D eigenvalue weighted by molar-refractivity contribution is 5.85. The second kappa shape index (κ2) is 6.76. The fraction of sp³-hybridized carbons (Fsp3) is 0.929. The van der Waals surface area contributed by atoms with Gasteiger partial charge < -0.3 is 10.6 Å². The van der Waals surface area contributed by atoms with Gasteiger partial charge in [0.05, 0.1) is 0 Å².